The second kappa shape index (κ2) is 4.74. The highest BCUT2D eigenvalue weighted by atomic mass is 19.4. The van der Waals surface area contributed by atoms with Gasteiger partial charge in [0.1, 0.15) is 5.56 Å². The van der Waals surface area contributed by atoms with Crippen LogP contribution < -0.4 is 0 Å². The molecule has 10 heteroatoms. The summed E-state index contributed by atoms with van der Waals surface area (Å²) in [6, 6.07) is 0. The van der Waals surface area contributed by atoms with Crippen molar-refractivity contribution in [3.63, 3.8) is 0 Å². The first kappa shape index (κ1) is 15.3. The SMILES string of the molecule is CCOC(=O)c1c(C(F)(F)F)c(C(F)(F)F)nn1C. The summed E-state index contributed by atoms with van der Waals surface area (Å²) in [4.78, 5) is 11.3. The summed E-state index contributed by atoms with van der Waals surface area (Å²) in [6.07, 6.45) is -10.7. The second-order valence-electron chi connectivity index (χ2n) is 3.41. The molecule has 0 radical (unpaired) electrons. The number of esters is 1. The van der Waals surface area contributed by atoms with E-state index in [0.29, 0.717) is 0 Å². The van der Waals surface area contributed by atoms with E-state index in [4.69, 9.17) is 0 Å². The normalized spacial score (nSPS) is 12.6. The molecule has 0 aliphatic rings. The summed E-state index contributed by atoms with van der Waals surface area (Å²) in [5.74, 6) is -1.51. The minimum atomic E-state index is -5.37. The topological polar surface area (TPSA) is 44.1 Å². The fourth-order valence-electron chi connectivity index (χ4n) is 1.42. The molecule has 1 aromatic rings. The Labute approximate surface area is 102 Å². The van der Waals surface area contributed by atoms with Gasteiger partial charge in [-0.15, -0.1) is 0 Å². The molecule has 4 nitrogen and oxygen atoms in total. The van der Waals surface area contributed by atoms with Gasteiger partial charge in [0.2, 0.25) is 0 Å². The van der Waals surface area contributed by atoms with Gasteiger partial charge in [-0.05, 0) is 6.92 Å². The van der Waals surface area contributed by atoms with E-state index in [1.165, 1.54) is 6.92 Å². The van der Waals surface area contributed by atoms with Crippen molar-refractivity contribution in [2.45, 2.75) is 19.3 Å². The fourth-order valence-corrected chi connectivity index (χ4v) is 1.42. The van der Waals surface area contributed by atoms with Crippen LogP contribution >= 0.6 is 0 Å². The Hall–Kier alpha value is -1.74. The van der Waals surface area contributed by atoms with Crippen molar-refractivity contribution in [3.8, 4) is 0 Å². The predicted octanol–water partition coefficient (Wildman–Crippen LogP) is 2.63. The highest BCUT2D eigenvalue weighted by molar-refractivity contribution is 5.89. The first-order valence-electron chi connectivity index (χ1n) is 4.88. The van der Waals surface area contributed by atoms with Crippen molar-refractivity contribution in [1.29, 1.82) is 0 Å². The largest absolute Gasteiger partial charge is 0.461 e. The quantitative estimate of drug-likeness (QED) is 0.621. The molecule has 0 spiro atoms. The molecule has 0 unspecified atom stereocenters. The molecule has 1 rings (SSSR count). The molecule has 0 aliphatic heterocycles. The van der Waals surface area contributed by atoms with E-state index in [1.807, 2.05) is 0 Å². The van der Waals surface area contributed by atoms with Gasteiger partial charge in [-0.3, -0.25) is 4.68 Å². The molecule has 0 fully saturated rings. The van der Waals surface area contributed by atoms with Gasteiger partial charge in [0.15, 0.2) is 11.4 Å². The van der Waals surface area contributed by atoms with Crippen LogP contribution in [0.2, 0.25) is 0 Å². The number of hydrogen-bond donors (Lipinski definition) is 0. The average Bonchev–Trinajstić information content (AvgIpc) is 2.55. The summed E-state index contributed by atoms with van der Waals surface area (Å²) in [5, 5.41) is 2.72. The third-order valence-corrected chi connectivity index (χ3v) is 2.07. The predicted molar refractivity (Wildman–Crippen MR) is 49.2 cm³/mol. The zero-order chi connectivity index (χ0) is 15.0. The minimum Gasteiger partial charge on any atom is -0.461 e. The van der Waals surface area contributed by atoms with Crippen LogP contribution in [0.1, 0.15) is 28.7 Å². The first-order chi connectivity index (χ1) is 8.50. The first-order valence-corrected chi connectivity index (χ1v) is 4.88. The van der Waals surface area contributed by atoms with Crippen LogP contribution in [0.25, 0.3) is 0 Å². The lowest BCUT2D eigenvalue weighted by Crippen LogP contribution is -2.20. The number of ether oxygens (including phenoxy) is 1. The number of halogens is 6. The third kappa shape index (κ3) is 2.99. The number of nitrogens with zero attached hydrogens (tertiary/aromatic N) is 2. The standard InChI is InChI=1S/C9H8F6N2O2/c1-3-19-7(18)5-4(8(10,11)12)6(9(13,14)15)16-17(5)2/h3H2,1-2H3. The molecule has 0 aliphatic carbocycles. The summed E-state index contributed by atoms with van der Waals surface area (Å²) in [6.45, 7) is 1.04. The maximum Gasteiger partial charge on any atom is 0.435 e. The molecule has 0 aromatic carbocycles. The van der Waals surface area contributed by atoms with E-state index >= 15 is 0 Å². The van der Waals surface area contributed by atoms with Crippen LogP contribution in [0.15, 0.2) is 0 Å². The molecule has 0 amide bonds. The van der Waals surface area contributed by atoms with Crippen molar-refractivity contribution in [3.05, 3.63) is 17.0 Å². The molecular weight excluding hydrogens is 282 g/mol. The van der Waals surface area contributed by atoms with Crippen molar-refractivity contribution < 1.29 is 35.9 Å². The molecule has 0 saturated heterocycles. The molecular formula is C9H8F6N2O2. The number of aromatic nitrogens is 2. The van der Waals surface area contributed by atoms with Crippen molar-refractivity contribution in [2.24, 2.45) is 7.05 Å². The van der Waals surface area contributed by atoms with Gasteiger partial charge in [-0.2, -0.15) is 31.4 Å². The lowest BCUT2D eigenvalue weighted by atomic mass is 10.1. The Kier molecular flexibility index (Phi) is 3.82. The monoisotopic (exact) mass is 290 g/mol. The highest BCUT2D eigenvalue weighted by Gasteiger charge is 2.50. The third-order valence-electron chi connectivity index (χ3n) is 2.07. The molecule has 0 atom stereocenters. The molecule has 108 valence electrons. The summed E-state index contributed by atoms with van der Waals surface area (Å²) in [7, 11) is 0.802. The summed E-state index contributed by atoms with van der Waals surface area (Å²) < 4.78 is 80.1. The van der Waals surface area contributed by atoms with E-state index in [1.54, 1.807) is 0 Å². The van der Waals surface area contributed by atoms with Gasteiger partial charge < -0.3 is 4.74 Å². The Bertz CT molecular complexity index is 488. The van der Waals surface area contributed by atoms with Crippen LogP contribution in [-0.2, 0) is 24.1 Å². The fraction of sp³-hybridized carbons (Fsp3) is 0.556. The zero-order valence-corrected chi connectivity index (χ0v) is 9.69. The maximum atomic E-state index is 12.7. The van der Waals surface area contributed by atoms with Gasteiger partial charge >= 0.3 is 18.3 Å². The van der Waals surface area contributed by atoms with E-state index in [2.05, 4.69) is 9.84 Å². The van der Waals surface area contributed by atoms with Gasteiger partial charge in [0.25, 0.3) is 0 Å². The molecule has 1 aromatic heterocycles. The van der Waals surface area contributed by atoms with Crippen LogP contribution in [0.3, 0.4) is 0 Å². The van der Waals surface area contributed by atoms with Gasteiger partial charge in [-0.25, -0.2) is 4.79 Å². The summed E-state index contributed by atoms with van der Waals surface area (Å²) >= 11 is 0. The number of aryl methyl sites for hydroxylation is 1. The number of carbonyl (C=O) groups is 1. The zero-order valence-electron chi connectivity index (χ0n) is 9.69. The second-order valence-corrected chi connectivity index (χ2v) is 3.41. The lowest BCUT2D eigenvalue weighted by Gasteiger charge is -2.11. The number of alkyl halides is 6. The smallest absolute Gasteiger partial charge is 0.435 e. The highest BCUT2D eigenvalue weighted by Crippen LogP contribution is 2.41. The van der Waals surface area contributed by atoms with Crippen molar-refractivity contribution in [1.82, 2.24) is 9.78 Å². The van der Waals surface area contributed by atoms with Gasteiger partial charge in [0.05, 0.1) is 6.61 Å². The van der Waals surface area contributed by atoms with Gasteiger partial charge in [0, 0.05) is 7.05 Å². The van der Waals surface area contributed by atoms with Gasteiger partial charge in [-0.1, -0.05) is 0 Å². The Morgan fingerprint density at radius 3 is 2.11 bits per heavy atom. The Morgan fingerprint density at radius 2 is 1.74 bits per heavy atom. The van der Waals surface area contributed by atoms with E-state index in [0.717, 1.165) is 7.05 Å². The molecule has 19 heavy (non-hydrogen) atoms. The minimum absolute atomic E-state index is 0.212. The lowest BCUT2D eigenvalue weighted by molar-refractivity contribution is -0.164. The molecule has 0 N–H and O–H groups in total. The molecule has 1 heterocycles. The average molecular weight is 290 g/mol. The summed E-state index contributed by atoms with van der Waals surface area (Å²) in [5.41, 5.74) is -5.58. The Morgan fingerprint density at radius 1 is 1.21 bits per heavy atom. The van der Waals surface area contributed by atoms with E-state index < -0.39 is 35.3 Å². The van der Waals surface area contributed by atoms with Crippen LogP contribution in [-0.4, -0.2) is 22.4 Å². The van der Waals surface area contributed by atoms with Crippen molar-refractivity contribution in [2.75, 3.05) is 6.61 Å². The Balaban J connectivity index is 3.56. The maximum absolute atomic E-state index is 12.7. The number of rotatable bonds is 2. The molecule has 0 bridgehead atoms. The van der Waals surface area contributed by atoms with Crippen LogP contribution in [0.4, 0.5) is 26.3 Å². The van der Waals surface area contributed by atoms with E-state index in [9.17, 15) is 31.1 Å². The van der Waals surface area contributed by atoms with Crippen molar-refractivity contribution >= 4 is 5.97 Å². The number of carbonyl (C=O) groups excluding carboxylic acids is 1. The number of hydrogen-bond acceptors (Lipinski definition) is 3. The van der Waals surface area contributed by atoms with Crippen LogP contribution in [0.5, 0.6) is 0 Å². The molecule has 0 saturated carbocycles. The van der Waals surface area contributed by atoms with Crippen LogP contribution in [0, 0.1) is 0 Å². The van der Waals surface area contributed by atoms with E-state index in [-0.39, 0.29) is 11.3 Å².